The van der Waals surface area contributed by atoms with Gasteiger partial charge in [-0.05, 0) is 81.7 Å². The summed E-state index contributed by atoms with van der Waals surface area (Å²) >= 11 is 7.55. The lowest BCUT2D eigenvalue weighted by atomic mass is 9.77. The van der Waals surface area contributed by atoms with Crippen molar-refractivity contribution in [2.24, 2.45) is 5.92 Å². The Bertz CT molecular complexity index is 744. The van der Waals surface area contributed by atoms with Crippen LogP contribution in [-0.2, 0) is 5.60 Å². The number of benzene rings is 2. The van der Waals surface area contributed by atoms with Crippen molar-refractivity contribution in [3.8, 4) is 0 Å². The van der Waals surface area contributed by atoms with Crippen LogP contribution in [0.25, 0.3) is 0 Å². The van der Waals surface area contributed by atoms with Crippen LogP contribution in [-0.4, -0.2) is 30.1 Å². The first-order chi connectivity index (χ1) is 11.9. The molecule has 1 heterocycles. The van der Waals surface area contributed by atoms with Gasteiger partial charge in [-0.15, -0.1) is 0 Å². The monoisotopic (exact) mass is 379 g/mol. The number of likely N-dealkylation sites (tertiary alicyclic amines) is 1. The van der Waals surface area contributed by atoms with E-state index in [9.17, 15) is 9.50 Å². The molecule has 2 nitrogen and oxygen atoms in total. The van der Waals surface area contributed by atoms with E-state index < -0.39 is 5.60 Å². The molecule has 1 N–H and O–H groups in total. The molecule has 1 atom stereocenters. The van der Waals surface area contributed by atoms with Crippen LogP contribution < -0.4 is 0 Å². The molecule has 1 unspecified atom stereocenters. The molecule has 1 aliphatic rings. The molecule has 1 saturated heterocycles. The Balaban J connectivity index is 1.94. The molecule has 2 aromatic rings. The van der Waals surface area contributed by atoms with E-state index >= 15 is 0 Å². The molecule has 134 valence electrons. The molecule has 0 spiro atoms. The number of rotatable bonds is 4. The lowest BCUT2D eigenvalue weighted by Crippen LogP contribution is -2.40. The summed E-state index contributed by atoms with van der Waals surface area (Å²) in [6.07, 6.45) is 1.86. The van der Waals surface area contributed by atoms with Crippen molar-refractivity contribution >= 4 is 23.4 Å². The number of hydrogen-bond donors (Lipinski definition) is 1. The summed E-state index contributed by atoms with van der Waals surface area (Å²) in [6, 6.07) is 12.2. The largest absolute Gasteiger partial charge is 0.385 e. The number of piperidine rings is 1. The number of halogens is 2. The number of aliphatic hydroxyl groups is 1. The summed E-state index contributed by atoms with van der Waals surface area (Å²) in [6.45, 7) is 3.80. The standard InChI is InChI=1S/C20H23ClFNOS/c1-20(24,14-9-11-23(2)12-10-14)16-13-15(21)7-8-18(16)25-19-6-4-3-5-17(19)22/h3-8,13-14,24H,9-12H2,1-2H3. The molecule has 0 amide bonds. The zero-order valence-corrected chi connectivity index (χ0v) is 16.1. The Kier molecular flexibility index (Phi) is 5.74. The van der Waals surface area contributed by atoms with Crippen molar-refractivity contribution in [2.45, 2.75) is 35.2 Å². The van der Waals surface area contributed by atoms with Crippen molar-refractivity contribution in [2.75, 3.05) is 20.1 Å². The zero-order valence-electron chi connectivity index (χ0n) is 14.5. The molecule has 1 aliphatic heterocycles. The average Bonchev–Trinajstić information content (AvgIpc) is 2.58. The van der Waals surface area contributed by atoms with E-state index in [1.165, 1.54) is 17.8 Å². The summed E-state index contributed by atoms with van der Waals surface area (Å²) in [5.74, 6) is -0.102. The average molecular weight is 380 g/mol. The molecule has 2 aromatic carbocycles. The third kappa shape index (κ3) is 4.20. The van der Waals surface area contributed by atoms with Gasteiger partial charge in [-0.25, -0.2) is 4.39 Å². The molecule has 0 aromatic heterocycles. The SMILES string of the molecule is CN1CCC(C(C)(O)c2cc(Cl)ccc2Sc2ccccc2F)CC1. The molecule has 0 saturated carbocycles. The van der Waals surface area contributed by atoms with Crippen LogP contribution in [0.3, 0.4) is 0 Å². The highest BCUT2D eigenvalue weighted by molar-refractivity contribution is 7.99. The van der Waals surface area contributed by atoms with Crippen LogP contribution in [0.4, 0.5) is 4.39 Å². The van der Waals surface area contributed by atoms with Crippen LogP contribution in [0.5, 0.6) is 0 Å². The number of nitrogens with zero attached hydrogens (tertiary/aromatic N) is 1. The molecular weight excluding hydrogens is 357 g/mol. The predicted octanol–water partition coefficient (Wildman–Crippen LogP) is 5.18. The van der Waals surface area contributed by atoms with E-state index in [2.05, 4.69) is 11.9 Å². The van der Waals surface area contributed by atoms with Gasteiger partial charge in [-0.1, -0.05) is 35.5 Å². The van der Waals surface area contributed by atoms with Gasteiger partial charge in [0.25, 0.3) is 0 Å². The van der Waals surface area contributed by atoms with Crippen molar-refractivity contribution in [1.29, 1.82) is 0 Å². The molecule has 0 radical (unpaired) electrons. The third-order valence-electron chi connectivity index (χ3n) is 5.06. The first-order valence-electron chi connectivity index (χ1n) is 8.51. The van der Waals surface area contributed by atoms with Crippen LogP contribution in [0.2, 0.25) is 5.02 Å². The molecule has 1 fully saturated rings. The minimum atomic E-state index is -1.00. The Morgan fingerprint density at radius 1 is 1.16 bits per heavy atom. The van der Waals surface area contributed by atoms with Crippen molar-refractivity contribution in [3.05, 3.63) is 58.9 Å². The van der Waals surface area contributed by atoms with Crippen molar-refractivity contribution < 1.29 is 9.50 Å². The third-order valence-corrected chi connectivity index (χ3v) is 6.42. The van der Waals surface area contributed by atoms with E-state index in [0.29, 0.717) is 9.92 Å². The Morgan fingerprint density at radius 2 is 1.84 bits per heavy atom. The highest BCUT2D eigenvalue weighted by atomic mass is 35.5. The van der Waals surface area contributed by atoms with Gasteiger partial charge in [0.15, 0.2) is 0 Å². The number of hydrogen-bond acceptors (Lipinski definition) is 3. The van der Waals surface area contributed by atoms with Crippen molar-refractivity contribution in [3.63, 3.8) is 0 Å². The maximum absolute atomic E-state index is 14.1. The van der Waals surface area contributed by atoms with E-state index in [0.717, 1.165) is 36.4 Å². The summed E-state index contributed by atoms with van der Waals surface area (Å²) in [5.41, 5.74) is -0.220. The first kappa shape index (κ1) is 18.7. The second-order valence-corrected chi connectivity index (χ2v) is 8.42. The van der Waals surface area contributed by atoms with Crippen LogP contribution >= 0.6 is 23.4 Å². The second-order valence-electron chi connectivity index (χ2n) is 6.90. The van der Waals surface area contributed by atoms with Crippen LogP contribution in [0.15, 0.2) is 52.3 Å². The van der Waals surface area contributed by atoms with E-state index in [4.69, 9.17) is 11.6 Å². The fraction of sp³-hybridized carbons (Fsp3) is 0.400. The normalized spacial score (nSPS) is 18.9. The smallest absolute Gasteiger partial charge is 0.137 e. The van der Waals surface area contributed by atoms with Gasteiger partial charge in [0, 0.05) is 14.8 Å². The van der Waals surface area contributed by atoms with Gasteiger partial charge >= 0.3 is 0 Å². The van der Waals surface area contributed by atoms with Gasteiger partial charge in [0.05, 0.1) is 5.60 Å². The summed E-state index contributed by atoms with van der Waals surface area (Å²) < 4.78 is 14.1. The van der Waals surface area contributed by atoms with E-state index in [1.54, 1.807) is 18.2 Å². The predicted molar refractivity (Wildman–Crippen MR) is 102 cm³/mol. The molecule has 0 bridgehead atoms. The summed E-state index contributed by atoms with van der Waals surface area (Å²) in [4.78, 5) is 3.67. The topological polar surface area (TPSA) is 23.5 Å². The van der Waals surface area contributed by atoms with Gasteiger partial charge in [0.1, 0.15) is 5.82 Å². The molecule has 25 heavy (non-hydrogen) atoms. The van der Waals surface area contributed by atoms with Gasteiger partial charge in [-0.3, -0.25) is 0 Å². The van der Waals surface area contributed by atoms with E-state index in [-0.39, 0.29) is 11.7 Å². The maximum Gasteiger partial charge on any atom is 0.137 e. The van der Waals surface area contributed by atoms with Crippen molar-refractivity contribution in [1.82, 2.24) is 4.90 Å². The minimum absolute atomic E-state index is 0.155. The Hall–Kier alpha value is -1.07. The Labute approximate surface area is 158 Å². The highest BCUT2D eigenvalue weighted by Gasteiger charge is 2.37. The fourth-order valence-corrected chi connectivity index (χ4v) is 4.66. The quantitative estimate of drug-likeness (QED) is 0.791. The van der Waals surface area contributed by atoms with Gasteiger partial charge in [0.2, 0.25) is 0 Å². The van der Waals surface area contributed by atoms with Crippen LogP contribution in [0, 0.1) is 11.7 Å². The van der Waals surface area contributed by atoms with Crippen LogP contribution in [0.1, 0.15) is 25.3 Å². The van der Waals surface area contributed by atoms with E-state index in [1.807, 2.05) is 25.1 Å². The van der Waals surface area contributed by atoms with Gasteiger partial charge in [-0.2, -0.15) is 0 Å². The Morgan fingerprint density at radius 3 is 2.52 bits per heavy atom. The zero-order chi connectivity index (χ0) is 18.0. The minimum Gasteiger partial charge on any atom is -0.385 e. The highest BCUT2D eigenvalue weighted by Crippen LogP contribution is 2.43. The molecular formula is C20H23ClFNOS. The lowest BCUT2D eigenvalue weighted by molar-refractivity contribution is -0.0323. The maximum atomic E-state index is 14.1. The summed E-state index contributed by atoms with van der Waals surface area (Å²) in [5, 5.41) is 11.9. The van der Waals surface area contributed by atoms with Gasteiger partial charge < -0.3 is 10.0 Å². The molecule has 5 heteroatoms. The molecule has 0 aliphatic carbocycles. The molecule has 3 rings (SSSR count). The fourth-order valence-electron chi connectivity index (χ4n) is 3.42. The second kappa shape index (κ2) is 7.67. The first-order valence-corrected chi connectivity index (χ1v) is 9.70. The summed E-state index contributed by atoms with van der Waals surface area (Å²) in [7, 11) is 2.10. The lowest BCUT2D eigenvalue weighted by Gasteiger charge is -2.39.